The van der Waals surface area contributed by atoms with Gasteiger partial charge < -0.3 is 14.4 Å². The van der Waals surface area contributed by atoms with Gasteiger partial charge in [0.1, 0.15) is 5.60 Å². The molecule has 1 fully saturated rings. The molecule has 1 amide bonds. The molecular formula is C19H26N2O4. The minimum atomic E-state index is -0.482. The highest BCUT2D eigenvalue weighted by atomic mass is 16.6. The van der Waals surface area contributed by atoms with E-state index in [1.165, 1.54) is 6.08 Å². The Labute approximate surface area is 148 Å². The minimum absolute atomic E-state index is 0.275. The highest BCUT2D eigenvalue weighted by Gasteiger charge is 2.27. The van der Waals surface area contributed by atoms with Crippen LogP contribution < -0.4 is 0 Å². The van der Waals surface area contributed by atoms with Crippen molar-refractivity contribution in [1.29, 1.82) is 0 Å². The normalized spacial score (nSPS) is 16.0. The van der Waals surface area contributed by atoms with Gasteiger partial charge in [-0.3, -0.25) is 4.98 Å². The van der Waals surface area contributed by atoms with E-state index in [1.54, 1.807) is 23.4 Å². The predicted octanol–water partition coefficient (Wildman–Crippen LogP) is 3.29. The Hall–Kier alpha value is -2.37. The van der Waals surface area contributed by atoms with Gasteiger partial charge in [-0.15, -0.1) is 0 Å². The number of rotatable bonds is 4. The number of hydrogen-bond donors (Lipinski definition) is 0. The van der Waals surface area contributed by atoms with E-state index in [0.717, 1.165) is 18.4 Å². The quantitative estimate of drug-likeness (QED) is 0.618. The van der Waals surface area contributed by atoms with Crippen molar-refractivity contribution in [2.45, 2.75) is 39.2 Å². The molecule has 0 N–H and O–H groups in total. The average molecular weight is 346 g/mol. The van der Waals surface area contributed by atoms with E-state index in [-0.39, 0.29) is 18.0 Å². The molecule has 6 heteroatoms. The van der Waals surface area contributed by atoms with Crippen LogP contribution in [0.5, 0.6) is 0 Å². The van der Waals surface area contributed by atoms with Gasteiger partial charge in [-0.2, -0.15) is 0 Å². The van der Waals surface area contributed by atoms with Gasteiger partial charge in [0.2, 0.25) is 0 Å². The zero-order valence-electron chi connectivity index (χ0n) is 15.1. The number of pyridine rings is 1. The number of likely N-dealkylation sites (tertiary alicyclic amines) is 1. The smallest absolute Gasteiger partial charge is 0.410 e. The van der Waals surface area contributed by atoms with Crippen molar-refractivity contribution >= 4 is 18.1 Å². The molecule has 0 radical (unpaired) electrons. The van der Waals surface area contributed by atoms with Gasteiger partial charge in [-0.25, -0.2) is 9.59 Å². The summed E-state index contributed by atoms with van der Waals surface area (Å²) in [6.07, 6.45) is 7.80. The van der Waals surface area contributed by atoms with E-state index in [4.69, 9.17) is 9.47 Å². The van der Waals surface area contributed by atoms with Crippen molar-refractivity contribution < 1.29 is 19.1 Å². The molecule has 0 atom stereocenters. The summed E-state index contributed by atoms with van der Waals surface area (Å²) in [4.78, 5) is 29.4. The molecule has 0 aliphatic carbocycles. The monoisotopic (exact) mass is 346 g/mol. The van der Waals surface area contributed by atoms with Gasteiger partial charge >= 0.3 is 12.1 Å². The van der Waals surface area contributed by atoms with Gasteiger partial charge in [-0.1, -0.05) is 0 Å². The summed E-state index contributed by atoms with van der Waals surface area (Å²) in [6.45, 7) is 7.21. The van der Waals surface area contributed by atoms with Crippen LogP contribution in [-0.4, -0.2) is 47.2 Å². The summed E-state index contributed by atoms with van der Waals surface area (Å²) in [5.74, 6) is -0.0802. The molecule has 0 spiro atoms. The number of esters is 1. The van der Waals surface area contributed by atoms with Crippen molar-refractivity contribution in [3.63, 3.8) is 0 Å². The summed E-state index contributed by atoms with van der Waals surface area (Å²) in [6, 6.07) is 3.63. The van der Waals surface area contributed by atoms with Crippen molar-refractivity contribution in [2.24, 2.45) is 5.92 Å². The molecule has 0 saturated carbocycles. The first-order chi connectivity index (χ1) is 11.8. The molecular weight excluding hydrogens is 320 g/mol. The molecule has 1 aromatic heterocycles. The summed E-state index contributed by atoms with van der Waals surface area (Å²) >= 11 is 0. The van der Waals surface area contributed by atoms with Crippen LogP contribution in [0.2, 0.25) is 0 Å². The number of ether oxygens (including phenoxy) is 2. The molecule has 0 aromatic carbocycles. The molecule has 2 rings (SSSR count). The predicted molar refractivity (Wildman–Crippen MR) is 94.8 cm³/mol. The Bertz CT molecular complexity index is 600. The second-order valence-corrected chi connectivity index (χ2v) is 7.15. The van der Waals surface area contributed by atoms with Gasteiger partial charge in [0.05, 0.1) is 6.61 Å². The fourth-order valence-corrected chi connectivity index (χ4v) is 2.50. The van der Waals surface area contributed by atoms with Crippen LogP contribution in [0.15, 0.2) is 30.6 Å². The molecule has 1 aliphatic heterocycles. The second-order valence-electron chi connectivity index (χ2n) is 7.15. The first-order valence-corrected chi connectivity index (χ1v) is 8.56. The highest BCUT2D eigenvalue weighted by molar-refractivity contribution is 5.86. The van der Waals surface area contributed by atoms with Crippen molar-refractivity contribution in [3.05, 3.63) is 36.2 Å². The van der Waals surface area contributed by atoms with Gasteiger partial charge in [0.25, 0.3) is 0 Å². The standard InChI is InChI=1S/C19H26N2O4/c1-19(2,3)25-18(23)21-12-8-16(9-13-21)14-24-17(22)5-4-15-6-10-20-11-7-15/h4-7,10-11,16H,8-9,12-14H2,1-3H3. The average Bonchev–Trinajstić information content (AvgIpc) is 2.58. The molecule has 1 aromatic rings. The summed E-state index contributed by atoms with van der Waals surface area (Å²) in [7, 11) is 0. The maximum absolute atomic E-state index is 12.0. The van der Waals surface area contributed by atoms with Crippen LogP contribution in [0.25, 0.3) is 6.08 Å². The Morgan fingerprint density at radius 2 is 1.88 bits per heavy atom. The molecule has 2 heterocycles. The fourth-order valence-electron chi connectivity index (χ4n) is 2.50. The Morgan fingerprint density at radius 1 is 1.24 bits per heavy atom. The maximum atomic E-state index is 12.0. The van der Waals surface area contributed by atoms with Crippen LogP contribution in [0.3, 0.4) is 0 Å². The van der Waals surface area contributed by atoms with Crippen molar-refractivity contribution in [1.82, 2.24) is 9.88 Å². The zero-order chi connectivity index (χ0) is 18.3. The number of carbonyl (C=O) groups is 2. The highest BCUT2D eigenvalue weighted by Crippen LogP contribution is 2.20. The number of piperidine rings is 1. The first kappa shape index (κ1) is 19.0. The molecule has 136 valence electrons. The third-order valence-electron chi connectivity index (χ3n) is 3.85. The molecule has 0 bridgehead atoms. The summed E-state index contributed by atoms with van der Waals surface area (Å²) < 4.78 is 10.7. The number of nitrogens with zero attached hydrogens (tertiary/aromatic N) is 2. The third kappa shape index (κ3) is 6.95. The third-order valence-corrected chi connectivity index (χ3v) is 3.85. The molecule has 25 heavy (non-hydrogen) atoms. The van der Waals surface area contributed by atoms with E-state index >= 15 is 0 Å². The Balaban J connectivity index is 1.69. The molecule has 6 nitrogen and oxygen atoms in total. The van der Waals surface area contributed by atoms with Crippen LogP contribution in [-0.2, 0) is 14.3 Å². The number of aromatic nitrogens is 1. The second kappa shape index (κ2) is 8.65. The van der Waals surface area contributed by atoms with Crippen LogP contribution in [0, 0.1) is 5.92 Å². The Kier molecular flexibility index (Phi) is 6.56. The van der Waals surface area contributed by atoms with Crippen LogP contribution >= 0.6 is 0 Å². The van der Waals surface area contributed by atoms with Gasteiger partial charge in [0, 0.05) is 31.6 Å². The molecule has 0 unspecified atom stereocenters. The lowest BCUT2D eigenvalue weighted by Crippen LogP contribution is -2.42. The van der Waals surface area contributed by atoms with Crippen LogP contribution in [0.4, 0.5) is 4.79 Å². The van der Waals surface area contributed by atoms with Gasteiger partial charge in [-0.05, 0) is 63.3 Å². The zero-order valence-corrected chi connectivity index (χ0v) is 15.1. The lowest BCUT2D eigenvalue weighted by atomic mass is 9.98. The lowest BCUT2D eigenvalue weighted by Gasteiger charge is -2.33. The van der Waals surface area contributed by atoms with Crippen molar-refractivity contribution in [2.75, 3.05) is 19.7 Å². The fraction of sp³-hybridized carbons (Fsp3) is 0.526. The summed E-state index contributed by atoms with van der Waals surface area (Å²) in [5, 5.41) is 0. The van der Waals surface area contributed by atoms with E-state index in [1.807, 2.05) is 32.9 Å². The number of carbonyl (C=O) groups excluding carboxylic acids is 2. The van der Waals surface area contributed by atoms with E-state index in [0.29, 0.717) is 19.7 Å². The number of amides is 1. The van der Waals surface area contributed by atoms with Crippen LogP contribution in [0.1, 0.15) is 39.2 Å². The van der Waals surface area contributed by atoms with E-state index in [2.05, 4.69) is 4.98 Å². The number of hydrogen-bond acceptors (Lipinski definition) is 5. The van der Waals surface area contributed by atoms with Crippen molar-refractivity contribution in [3.8, 4) is 0 Å². The largest absolute Gasteiger partial charge is 0.462 e. The maximum Gasteiger partial charge on any atom is 0.410 e. The SMILES string of the molecule is CC(C)(C)OC(=O)N1CCC(COC(=O)C=Cc2ccncc2)CC1. The van der Waals surface area contributed by atoms with Gasteiger partial charge in [0.15, 0.2) is 0 Å². The lowest BCUT2D eigenvalue weighted by molar-refractivity contribution is -0.139. The van der Waals surface area contributed by atoms with E-state index < -0.39 is 5.60 Å². The Morgan fingerprint density at radius 3 is 2.48 bits per heavy atom. The molecule has 1 aliphatic rings. The van der Waals surface area contributed by atoms with E-state index in [9.17, 15) is 9.59 Å². The molecule has 1 saturated heterocycles. The summed E-state index contributed by atoms with van der Waals surface area (Å²) in [5.41, 5.74) is 0.419. The minimum Gasteiger partial charge on any atom is -0.462 e. The first-order valence-electron chi connectivity index (χ1n) is 8.56. The topological polar surface area (TPSA) is 68.7 Å².